The van der Waals surface area contributed by atoms with Crippen LogP contribution in [0.5, 0.6) is 0 Å². The molecule has 24 heavy (non-hydrogen) atoms. The van der Waals surface area contributed by atoms with Crippen LogP contribution in [0.2, 0.25) is 0 Å². The Morgan fingerprint density at radius 3 is 2.79 bits per heavy atom. The van der Waals surface area contributed by atoms with Crippen molar-refractivity contribution in [1.29, 1.82) is 0 Å². The second kappa shape index (κ2) is 8.85. The van der Waals surface area contributed by atoms with Crippen molar-refractivity contribution in [1.82, 2.24) is 15.2 Å². The highest BCUT2D eigenvalue weighted by molar-refractivity contribution is 7.17. The fourth-order valence-corrected chi connectivity index (χ4v) is 3.86. The molecule has 0 aromatic carbocycles. The highest BCUT2D eigenvalue weighted by atomic mass is 35.5. The van der Waals surface area contributed by atoms with Gasteiger partial charge in [-0.1, -0.05) is 0 Å². The zero-order valence-corrected chi connectivity index (χ0v) is 16.4. The number of aromatic nitrogens is 1. The van der Waals surface area contributed by atoms with E-state index in [1.54, 1.807) is 0 Å². The van der Waals surface area contributed by atoms with Gasteiger partial charge in [0.1, 0.15) is 10.6 Å². The van der Waals surface area contributed by atoms with Crippen molar-refractivity contribution in [2.75, 3.05) is 26.7 Å². The molecular formula is C16H23Cl2N3O2S. The first-order chi connectivity index (χ1) is 10.6. The number of nitrogens with zero attached hydrogens (tertiary/aromatic N) is 2. The summed E-state index contributed by atoms with van der Waals surface area (Å²) in [5, 5.41) is 3.97. The number of hydrogen-bond donors (Lipinski definition) is 1. The van der Waals surface area contributed by atoms with Crippen molar-refractivity contribution >= 4 is 42.1 Å². The van der Waals surface area contributed by atoms with E-state index in [2.05, 4.69) is 10.3 Å². The molecule has 8 heteroatoms. The van der Waals surface area contributed by atoms with Gasteiger partial charge < -0.3 is 14.6 Å². The molecule has 3 heterocycles. The van der Waals surface area contributed by atoms with Gasteiger partial charge in [0.05, 0.1) is 5.69 Å². The van der Waals surface area contributed by atoms with E-state index in [0.717, 1.165) is 53.2 Å². The lowest BCUT2D eigenvalue weighted by Crippen LogP contribution is -2.30. The van der Waals surface area contributed by atoms with Crippen molar-refractivity contribution < 1.29 is 9.21 Å². The molecule has 0 bridgehead atoms. The van der Waals surface area contributed by atoms with E-state index < -0.39 is 0 Å². The van der Waals surface area contributed by atoms with E-state index >= 15 is 0 Å². The van der Waals surface area contributed by atoms with Gasteiger partial charge in [-0.15, -0.1) is 36.2 Å². The summed E-state index contributed by atoms with van der Waals surface area (Å²) >= 11 is 1.42. The minimum absolute atomic E-state index is 0. The number of likely N-dealkylation sites (tertiary alicyclic amines) is 1. The molecule has 1 aliphatic rings. The van der Waals surface area contributed by atoms with Gasteiger partial charge >= 0.3 is 0 Å². The lowest BCUT2D eigenvalue weighted by Gasteiger charge is -2.15. The van der Waals surface area contributed by atoms with Crippen LogP contribution in [0.3, 0.4) is 0 Å². The molecule has 5 nitrogen and oxygen atoms in total. The van der Waals surface area contributed by atoms with Gasteiger partial charge in [0.15, 0.2) is 10.8 Å². The van der Waals surface area contributed by atoms with E-state index in [4.69, 9.17) is 4.42 Å². The molecule has 2 aromatic heterocycles. The van der Waals surface area contributed by atoms with Gasteiger partial charge in [0, 0.05) is 13.1 Å². The SMILES string of the molecule is CNCC1CCN(C(=O)c2sc(-c3ccc(C)o3)nc2C)C1.Cl.Cl. The third-order valence-electron chi connectivity index (χ3n) is 4.01. The quantitative estimate of drug-likeness (QED) is 0.865. The van der Waals surface area contributed by atoms with Crippen LogP contribution in [0.15, 0.2) is 16.5 Å². The van der Waals surface area contributed by atoms with Crippen LogP contribution in [-0.4, -0.2) is 42.5 Å². The second-order valence-corrected chi connectivity index (χ2v) is 6.81. The van der Waals surface area contributed by atoms with Gasteiger partial charge in [0.25, 0.3) is 5.91 Å². The van der Waals surface area contributed by atoms with Crippen LogP contribution in [0, 0.1) is 19.8 Å². The smallest absolute Gasteiger partial charge is 0.265 e. The average Bonchev–Trinajstić information content (AvgIpc) is 3.19. The fraction of sp³-hybridized carbons (Fsp3) is 0.500. The van der Waals surface area contributed by atoms with E-state index in [1.165, 1.54) is 11.3 Å². The molecule has 1 atom stereocenters. The summed E-state index contributed by atoms with van der Waals surface area (Å²) in [4.78, 5) is 19.9. The van der Waals surface area contributed by atoms with Gasteiger partial charge in [-0.25, -0.2) is 4.98 Å². The number of carbonyl (C=O) groups excluding carboxylic acids is 1. The first-order valence-electron chi connectivity index (χ1n) is 7.56. The molecule has 2 aromatic rings. The van der Waals surface area contributed by atoms with Crippen molar-refractivity contribution in [2.45, 2.75) is 20.3 Å². The van der Waals surface area contributed by atoms with Gasteiger partial charge in [-0.3, -0.25) is 4.79 Å². The highest BCUT2D eigenvalue weighted by Crippen LogP contribution is 2.31. The Morgan fingerprint density at radius 1 is 1.42 bits per heavy atom. The third kappa shape index (κ3) is 4.30. The number of furan rings is 1. The molecule has 1 aliphatic heterocycles. The van der Waals surface area contributed by atoms with Gasteiger partial charge in [-0.05, 0) is 51.9 Å². The van der Waals surface area contributed by atoms with E-state index in [9.17, 15) is 4.79 Å². The molecule has 1 fully saturated rings. The minimum Gasteiger partial charge on any atom is -0.459 e. The highest BCUT2D eigenvalue weighted by Gasteiger charge is 2.29. The molecule has 0 saturated carbocycles. The van der Waals surface area contributed by atoms with Crippen molar-refractivity contribution in [3.63, 3.8) is 0 Å². The summed E-state index contributed by atoms with van der Waals surface area (Å²) in [6.07, 6.45) is 1.06. The molecule has 0 spiro atoms. The number of rotatable bonds is 4. The Balaban J connectivity index is 0.00000144. The number of hydrogen-bond acceptors (Lipinski definition) is 5. The first-order valence-corrected chi connectivity index (χ1v) is 8.38. The van der Waals surface area contributed by atoms with Crippen molar-refractivity contribution in [3.05, 3.63) is 28.5 Å². The van der Waals surface area contributed by atoms with Crippen LogP contribution in [0.1, 0.15) is 27.5 Å². The normalized spacial score (nSPS) is 16.6. The topological polar surface area (TPSA) is 58.4 Å². The van der Waals surface area contributed by atoms with Crippen LogP contribution in [-0.2, 0) is 0 Å². The maximum atomic E-state index is 12.7. The molecule has 134 valence electrons. The maximum Gasteiger partial charge on any atom is 0.265 e. The summed E-state index contributed by atoms with van der Waals surface area (Å²) in [6.45, 7) is 6.42. The minimum atomic E-state index is 0. The molecule has 0 aliphatic carbocycles. The maximum absolute atomic E-state index is 12.7. The van der Waals surface area contributed by atoms with Crippen LogP contribution >= 0.6 is 36.2 Å². The number of thiazole rings is 1. The Labute approximate surface area is 158 Å². The van der Waals surface area contributed by atoms with E-state index in [1.807, 2.05) is 37.9 Å². The lowest BCUT2D eigenvalue weighted by atomic mass is 10.1. The molecule has 0 radical (unpaired) electrons. The Kier molecular flexibility index (Phi) is 7.73. The van der Waals surface area contributed by atoms with Gasteiger partial charge in [0.2, 0.25) is 0 Å². The summed E-state index contributed by atoms with van der Waals surface area (Å²) in [5.74, 6) is 2.24. The summed E-state index contributed by atoms with van der Waals surface area (Å²) in [6, 6.07) is 3.82. The number of amides is 1. The van der Waals surface area contributed by atoms with E-state index in [0.29, 0.717) is 5.92 Å². The van der Waals surface area contributed by atoms with Crippen LogP contribution in [0.25, 0.3) is 10.8 Å². The second-order valence-electron chi connectivity index (χ2n) is 5.81. The summed E-state index contributed by atoms with van der Waals surface area (Å²) in [7, 11) is 1.95. The largest absolute Gasteiger partial charge is 0.459 e. The van der Waals surface area contributed by atoms with Crippen molar-refractivity contribution in [2.24, 2.45) is 5.92 Å². The monoisotopic (exact) mass is 391 g/mol. The first kappa shape index (κ1) is 21.0. The number of carbonyl (C=O) groups is 1. The molecule has 1 unspecified atom stereocenters. The third-order valence-corrected chi connectivity index (χ3v) is 5.17. The van der Waals surface area contributed by atoms with Crippen LogP contribution in [0.4, 0.5) is 0 Å². The predicted octanol–water partition coefficient (Wildman–Crippen LogP) is 3.55. The molecule has 3 rings (SSSR count). The predicted molar refractivity (Wildman–Crippen MR) is 102 cm³/mol. The zero-order valence-electron chi connectivity index (χ0n) is 14.0. The Bertz CT molecular complexity index is 687. The molecule has 1 saturated heterocycles. The van der Waals surface area contributed by atoms with Crippen molar-refractivity contribution in [3.8, 4) is 10.8 Å². The fourth-order valence-electron chi connectivity index (χ4n) is 2.87. The summed E-state index contributed by atoms with van der Waals surface area (Å²) < 4.78 is 5.61. The number of halogens is 2. The van der Waals surface area contributed by atoms with Crippen LogP contribution < -0.4 is 5.32 Å². The Morgan fingerprint density at radius 2 is 2.17 bits per heavy atom. The lowest BCUT2D eigenvalue weighted by molar-refractivity contribution is 0.0791. The number of nitrogens with one attached hydrogen (secondary N) is 1. The standard InChI is InChI=1S/C16H21N3O2S.2ClH/c1-10-4-5-13(21-10)15-18-11(2)14(22-15)16(20)19-7-6-12(9-19)8-17-3;;/h4-5,12,17H,6-9H2,1-3H3;2*1H. The molecule has 1 amide bonds. The number of aryl methyl sites for hydroxylation is 2. The zero-order chi connectivity index (χ0) is 15.7. The molecular weight excluding hydrogens is 369 g/mol. The Hall–Kier alpha value is -1.08. The summed E-state index contributed by atoms with van der Waals surface area (Å²) in [5.41, 5.74) is 0.788. The van der Waals surface area contributed by atoms with Gasteiger partial charge in [-0.2, -0.15) is 0 Å². The molecule has 1 N–H and O–H groups in total. The van der Waals surface area contributed by atoms with E-state index in [-0.39, 0.29) is 30.7 Å². The average molecular weight is 392 g/mol.